The largest absolute Gasteiger partial charge is 0.370 e. The number of anilines is 1. The first kappa shape index (κ1) is 13.7. The van der Waals surface area contributed by atoms with Gasteiger partial charge in [-0.1, -0.05) is 6.92 Å². The molecule has 6 nitrogen and oxygen atoms in total. The fraction of sp³-hybridized carbons (Fsp3) is 0.615. The first-order valence-corrected chi connectivity index (χ1v) is 6.75. The van der Waals surface area contributed by atoms with Crippen LogP contribution in [-0.4, -0.2) is 41.0 Å². The van der Waals surface area contributed by atoms with Crippen LogP contribution in [0.5, 0.6) is 0 Å². The maximum absolute atomic E-state index is 10.5. The molecule has 0 radical (unpaired) electrons. The average molecular weight is 264 g/mol. The maximum Gasteiger partial charge on any atom is 0.287 e. The van der Waals surface area contributed by atoms with Crippen LogP contribution in [0.2, 0.25) is 0 Å². The molecule has 0 aromatic carbocycles. The van der Waals surface area contributed by atoms with Crippen molar-refractivity contribution in [2.45, 2.75) is 19.8 Å². The van der Waals surface area contributed by atoms with Crippen molar-refractivity contribution in [3.05, 3.63) is 28.4 Å². The van der Waals surface area contributed by atoms with E-state index in [2.05, 4.69) is 22.1 Å². The van der Waals surface area contributed by atoms with Crippen molar-refractivity contribution in [3.63, 3.8) is 0 Å². The molecule has 1 N–H and O–H groups in total. The van der Waals surface area contributed by atoms with Crippen molar-refractivity contribution >= 4 is 11.5 Å². The van der Waals surface area contributed by atoms with Crippen LogP contribution in [0.1, 0.15) is 19.8 Å². The third-order valence-corrected chi connectivity index (χ3v) is 3.68. The predicted molar refractivity (Wildman–Crippen MR) is 74.2 cm³/mol. The van der Waals surface area contributed by atoms with E-state index in [1.165, 1.54) is 25.1 Å². The van der Waals surface area contributed by atoms with Crippen molar-refractivity contribution in [1.29, 1.82) is 0 Å². The van der Waals surface area contributed by atoms with Gasteiger partial charge in [-0.05, 0) is 44.5 Å². The minimum absolute atomic E-state index is 0.0294. The summed E-state index contributed by atoms with van der Waals surface area (Å²) in [6.07, 6.45) is 3.70. The Morgan fingerprint density at radius 2 is 2.21 bits per heavy atom. The number of hydrogen-bond acceptors (Lipinski definition) is 5. The van der Waals surface area contributed by atoms with Gasteiger partial charge < -0.3 is 10.2 Å². The van der Waals surface area contributed by atoms with Crippen molar-refractivity contribution in [3.8, 4) is 0 Å². The average Bonchev–Trinajstić information content (AvgIpc) is 2.46. The van der Waals surface area contributed by atoms with Gasteiger partial charge in [-0.15, -0.1) is 0 Å². The zero-order chi connectivity index (χ0) is 13.7. The lowest BCUT2D eigenvalue weighted by Crippen LogP contribution is -2.35. The minimum Gasteiger partial charge on any atom is -0.370 e. The molecule has 0 unspecified atom stereocenters. The third kappa shape index (κ3) is 3.89. The van der Waals surface area contributed by atoms with E-state index in [1.807, 2.05) is 0 Å². The van der Waals surface area contributed by atoms with Gasteiger partial charge >= 0.3 is 0 Å². The smallest absolute Gasteiger partial charge is 0.287 e. The minimum atomic E-state index is -0.433. The van der Waals surface area contributed by atoms with Gasteiger partial charge in [0.15, 0.2) is 0 Å². The Hall–Kier alpha value is -1.69. The van der Waals surface area contributed by atoms with E-state index in [9.17, 15) is 10.1 Å². The van der Waals surface area contributed by atoms with Crippen molar-refractivity contribution in [2.24, 2.45) is 5.92 Å². The topological polar surface area (TPSA) is 71.3 Å². The molecule has 19 heavy (non-hydrogen) atoms. The lowest BCUT2D eigenvalue weighted by atomic mass is 9.97. The van der Waals surface area contributed by atoms with E-state index in [1.54, 1.807) is 6.07 Å². The van der Waals surface area contributed by atoms with Crippen LogP contribution in [0.15, 0.2) is 18.3 Å². The Labute approximate surface area is 113 Å². The summed E-state index contributed by atoms with van der Waals surface area (Å²) in [5.74, 6) is 1.38. The summed E-state index contributed by atoms with van der Waals surface area (Å²) in [5.41, 5.74) is 0.0294. The highest BCUT2D eigenvalue weighted by Crippen LogP contribution is 2.18. The van der Waals surface area contributed by atoms with Gasteiger partial charge in [0.1, 0.15) is 12.0 Å². The molecule has 0 bridgehead atoms. The molecule has 104 valence electrons. The number of nitro groups is 1. The van der Waals surface area contributed by atoms with Gasteiger partial charge in [-0.3, -0.25) is 10.1 Å². The first-order chi connectivity index (χ1) is 9.19. The van der Waals surface area contributed by atoms with Crippen LogP contribution >= 0.6 is 0 Å². The summed E-state index contributed by atoms with van der Waals surface area (Å²) in [5, 5.41) is 13.8. The molecule has 2 heterocycles. The number of hydrogen-bond donors (Lipinski definition) is 1. The van der Waals surface area contributed by atoms with Crippen LogP contribution in [0.25, 0.3) is 0 Å². The maximum atomic E-state index is 10.5. The Bertz CT molecular complexity index is 413. The lowest BCUT2D eigenvalue weighted by Gasteiger charge is -2.31. The SMILES string of the molecule is CCN1CCC(CNc2ccc([N+](=O)[O-])cn2)CC1. The van der Waals surface area contributed by atoms with Gasteiger partial charge in [0, 0.05) is 12.6 Å². The molecular weight excluding hydrogens is 244 g/mol. The van der Waals surface area contributed by atoms with E-state index in [4.69, 9.17) is 0 Å². The molecule has 0 amide bonds. The van der Waals surface area contributed by atoms with Crippen molar-refractivity contribution < 1.29 is 4.92 Å². The molecule has 2 rings (SSSR count). The van der Waals surface area contributed by atoms with Crippen LogP contribution in [-0.2, 0) is 0 Å². The molecule has 1 aromatic rings. The highest BCUT2D eigenvalue weighted by atomic mass is 16.6. The van der Waals surface area contributed by atoms with Gasteiger partial charge in [0.25, 0.3) is 5.69 Å². The van der Waals surface area contributed by atoms with E-state index in [0.29, 0.717) is 11.7 Å². The second-order valence-corrected chi connectivity index (χ2v) is 4.92. The first-order valence-electron chi connectivity index (χ1n) is 6.75. The molecule has 1 aromatic heterocycles. The molecule has 1 aliphatic rings. The second kappa shape index (κ2) is 6.47. The summed E-state index contributed by atoms with van der Waals surface area (Å²) < 4.78 is 0. The summed E-state index contributed by atoms with van der Waals surface area (Å²) in [6.45, 7) is 6.54. The van der Waals surface area contributed by atoms with Gasteiger partial charge in [-0.25, -0.2) is 4.98 Å². The predicted octanol–water partition coefficient (Wildman–Crippen LogP) is 2.13. The number of nitrogens with one attached hydrogen (secondary N) is 1. The molecule has 6 heteroatoms. The zero-order valence-corrected chi connectivity index (χ0v) is 11.2. The Balaban J connectivity index is 1.78. The number of aromatic nitrogens is 1. The van der Waals surface area contributed by atoms with Crippen molar-refractivity contribution in [2.75, 3.05) is 31.5 Å². The number of nitrogens with zero attached hydrogens (tertiary/aromatic N) is 3. The molecule has 1 saturated heterocycles. The molecule has 0 saturated carbocycles. The number of pyridine rings is 1. The monoisotopic (exact) mass is 264 g/mol. The van der Waals surface area contributed by atoms with E-state index >= 15 is 0 Å². The number of piperidine rings is 1. The standard InChI is InChI=1S/C13H20N4O2/c1-2-16-7-5-11(6-8-16)9-14-13-4-3-12(10-15-13)17(18)19/h3-4,10-11H,2,5-9H2,1H3,(H,14,15). The quantitative estimate of drug-likeness (QED) is 0.651. The molecular formula is C13H20N4O2. The van der Waals surface area contributed by atoms with E-state index < -0.39 is 4.92 Å². The summed E-state index contributed by atoms with van der Waals surface area (Å²) in [7, 11) is 0. The highest BCUT2D eigenvalue weighted by molar-refractivity contribution is 5.40. The Morgan fingerprint density at radius 3 is 2.74 bits per heavy atom. The molecule has 1 aliphatic heterocycles. The lowest BCUT2D eigenvalue weighted by molar-refractivity contribution is -0.385. The number of rotatable bonds is 5. The van der Waals surface area contributed by atoms with Gasteiger partial charge in [0.05, 0.1) is 4.92 Å². The summed E-state index contributed by atoms with van der Waals surface area (Å²) in [4.78, 5) is 16.6. The molecule has 0 aliphatic carbocycles. The van der Waals surface area contributed by atoms with Crippen LogP contribution in [0.4, 0.5) is 11.5 Å². The van der Waals surface area contributed by atoms with Gasteiger partial charge in [0.2, 0.25) is 0 Å². The Kier molecular flexibility index (Phi) is 4.68. The normalized spacial score (nSPS) is 17.3. The second-order valence-electron chi connectivity index (χ2n) is 4.92. The fourth-order valence-corrected chi connectivity index (χ4v) is 2.35. The summed E-state index contributed by atoms with van der Waals surface area (Å²) in [6, 6.07) is 3.15. The zero-order valence-electron chi connectivity index (χ0n) is 11.2. The molecule has 1 fully saturated rings. The number of likely N-dealkylation sites (tertiary alicyclic amines) is 1. The third-order valence-electron chi connectivity index (χ3n) is 3.68. The van der Waals surface area contributed by atoms with Crippen molar-refractivity contribution in [1.82, 2.24) is 9.88 Å². The molecule has 0 atom stereocenters. The van der Waals surface area contributed by atoms with Gasteiger partial charge in [-0.2, -0.15) is 0 Å². The van der Waals surface area contributed by atoms with E-state index in [0.717, 1.165) is 26.2 Å². The fourth-order valence-electron chi connectivity index (χ4n) is 2.35. The summed E-state index contributed by atoms with van der Waals surface area (Å²) >= 11 is 0. The van der Waals surface area contributed by atoms with Crippen LogP contribution in [0.3, 0.4) is 0 Å². The van der Waals surface area contributed by atoms with Crippen LogP contribution < -0.4 is 5.32 Å². The molecule has 0 spiro atoms. The van der Waals surface area contributed by atoms with Crippen LogP contribution in [0, 0.1) is 16.0 Å². The highest BCUT2D eigenvalue weighted by Gasteiger charge is 2.17. The Morgan fingerprint density at radius 1 is 1.47 bits per heavy atom. The van der Waals surface area contributed by atoms with E-state index in [-0.39, 0.29) is 5.69 Å².